The number of nitrogens with zero attached hydrogens (tertiary/aromatic N) is 4. The van der Waals surface area contributed by atoms with Crippen LogP contribution in [-0.2, 0) is 0 Å². The number of para-hydroxylation sites is 2. The fourth-order valence-corrected chi connectivity index (χ4v) is 5.26. The first kappa shape index (κ1) is 17.8. The van der Waals surface area contributed by atoms with Crippen LogP contribution < -0.4 is 0 Å². The van der Waals surface area contributed by atoms with Gasteiger partial charge in [-0.1, -0.05) is 53.9 Å². The first-order chi connectivity index (χ1) is 12.1. The molecule has 0 aliphatic carbocycles. The van der Waals surface area contributed by atoms with Crippen molar-refractivity contribution in [2.24, 2.45) is 0 Å². The van der Waals surface area contributed by atoms with Crippen LogP contribution in [0, 0.1) is 11.3 Å². The van der Waals surface area contributed by atoms with Crippen molar-refractivity contribution >= 4 is 51.5 Å². The highest BCUT2D eigenvalue weighted by atomic mass is 32.2. The van der Waals surface area contributed by atoms with Gasteiger partial charge in [0.05, 0.1) is 16.3 Å². The van der Waals surface area contributed by atoms with E-state index in [1.165, 1.54) is 23.1 Å². The SMILES string of the molecule is CCSc1nnc(S[C@H](C)/C(O)=C(\C#N)c2nc3ccccc3[nH]2)s1. The van der Waals surface area contributed by atoms with Crippen molar-refractivity contribution in [3.8, 4) is 6.07 Å². The third-order valence-corrected chi connectivity index (χ3v) is 6.44. The lowest BCUT2D eigenvalue weighted by Crippen LogP contribution is -2.04. The number of thioether (sulfide) groups is 2. The molecule has 0 unspecified atom stereocenters. The van der Waals surface area contributed by atoms with Gasteiger partial charge in [0.1, 0.15) is 17.4 Å². The Balaban J connectivity index is 1.85. The normalized spacial score (nSPS) is 13.5. The van der Waals surface area contributed by atoms with Gasteiger partial charge in [0, 0.05) is 0 Å². The lowest BCUT2D eigenvalue weighted by Gasteiger charge is -2.09. The Morgan fingerprint density at radius 2 is 2.12 bits per heavy atom. The number of hydrogen-bond acceptors (Lipinski definition) is 8. The molecule has 3 aromatic rings. The highest BCUT2D eigenvalue weighted by Gasteiger charge is 2.20. The molecule has 3 rings (SSSR count). The van der Waals surface area contributed by atoms with Crippen LogP contribution in [0.1, 0.15) is 19.7 Å². The number of benzene rings is 1. The predicted molar refractivity (Wildman–Crippen MR) is 103 cm³/mol. The number of allylic oxidation sites excluding steroid dienone is 1. The zero-order valence-electron chi connectivity index (χ0n) is 13.6. The molecular weight excluding hydrogens is 374 g/mol. The molecule has 2 N–H and O–H groups in total. The van der Waals surface area contributed by atoms with Crippen LogP contribution in [0.5, 0.6) is 0 Å². The molecule has 2 heterocycles. The van der Waals surface area contributed by atoms with Crippen LogP contribution in [0.4, 0.5) is 0 Å². The van der Waals surface area contributed by atoms with E-state index in [4.69, 9.17) is 0 Å². The standard InChI is InChI=1S/C16H15N5OS3/c1-3-23-15-20-21-16(25-15)24-9(2)13(22)10(8-17)14-18-11-6-4-5-7-12(11)19-14/h4-7,9,22H,3H2,1-2H3,(H,18,19)/b13-10-/t9-/m1/s1. The summed E-state index contributed by atoms with van der Waals surface area (Å²) in [6, 6.07) is 9.56. The smallest absolute Gasteiger partial charge is 0.175 e. The van der Waals surface area contributed by atoms with Gasteiger partial charge in [-0.05, 0) is 24.8 Å². The van der Waals surface area contributed by atoms with E-state index in [2.05, 4.69) is 33.2 Å². The lowest BCUT2D eigenvalue weighted by atomic mass is 10.2. The fourth-order valence-electron chi connectivity index (χ4n) is 2.14. The van der Waals surface area contributed by atoms with Gasteiger partial charge in [-0.3, -0.25) is 0 Å². The Morgan fingerprint density at radius 3 is 2.84 bits per heavy atom. The lowest BCUT2D eigenvalue weighted by molar-refractivity contribution is 0.402. The van der Waals surface area contributed by atoms with Gasteiger partial charge < -0.3 is 10.1 Å². The maximum absolute atomic E-state index is 10.6. The molecule has 1 atom stereocenters. The van der Waals surface area contributed by atoms with E-state index in [0.29, 0.717) is 5.82 Å². The summed E-state index contributed by atoms with van der Waals surface area (Å²) in [5.74, 6) is 1.28. The quantitative estimate of drug-likeness (QED) is 0.364. The Kier molecular flexibility index (Phi) is 5.63. The molecule has 0 saturated heterocycles. The monoisotopic (exact) mass is 389 g/mol. The van der Waals surface area contributed by atoms with Gasteiger partial charge >= 0.3 is 0 Å². The number of nitrogens with one attached hydrogen (secondary N) is 1. The largest absolute Gasteiger partial charge is 0.510 e. The Bertz CT molecular complexity index is 923. The molecule has 1 aromatic carbocycles. The van der Waals surface area contributed by atoms with E-state index in [-0.39, 0.29) is 16.6 Å². The summed E-state index contributed by atoms with van der Waals surface area (Å²) >= 11 is 4.49. The predicted octanol–water partition coefficient (Wildman–Crippen LogP) is 4.50. The van der Waals surface area contributed by atoms with Gasteiger partial charge in [-0.25, -0.2) is 4.98 Å². The number of hydrogen-bond donors (Lipinski definition) is 2. The fraction of sp³-hybridized carbons (Fsp3) is 0.250. The van der Waals surface area contributed by atoms with Crippen LogP contribution in [0.15, 0.2) is 38.7 Å². The summed E-state index contributed by atoms with van der Waals surface area (Å²) in [5, 5.41) is 27.9. The van der Waals surface area contributed by atoms with E-state index < -0.39 is 0 Å². The second-order valence-electron chi connectivity index (χ2n) is 5.00. The van der Waals surface area contributed by atoms with E-state index in [1.54, 1.807) is 11.8 Å². The number of fused-ring (bicyclic) bond motifs is 1. The summed E-state index contributed by atoms with van der Waals surface area (Å²) in [5.41, 5.74) is 1.72. The molecule has 2 aromatic heterocycles. The van der Waals surface area contributed by atoms with Gasteiger partial charge in [-0.15, -0.1) is 10.2 Å². The van der Waals surface area contributed by atoms with E-state index in [9.17, 15) is 10.4 Å². The Morgan fingerprint density at radius 1 is 1.36 bits per heavy atom. The third kappa shape index (κ3) is 3.98. The molecule has 128 valence electrons. The van der Waals surface area contributed by atoms with E-state index in [0.717, 1.165) is 25.5 Å². The van der Waals surface area contributed by atoms with Gasteiger partial charge in [0.2, 0.25) is 0 Å². The molecular formula is C16H15N5OS3. The molecule has 0 spiro atoms. The Labute approximate surface area is 157 Å². The zero-order valence-corrected chi connectivity index (χ0v) is 16.0. The zero-order chi connectivity index (χ0) is 17.8. The molecule has 0 saturated carbocycles. The maximum Gasteiger partial charge on any atom is 0.175 e. The number of nitriles is 1. The number of rotatable bonds is 6. The van der Waals surface area contributed by atoms with Crippen molar-refractivity contribution in [2.75, 3.05) is 5.75 Å². The average Bonchev–Trinajstić information content (AvgIpc) is 3.22. The first-order valence-corrected chi connectivity index (χ1v) is 10.2. The van der Waals surface area contributed by atoms with Crippen molar-refractivity contribution in [1.29, 1.82) is 5.26 Å². The van der Waals surface area contributed by atoms with E-state index in [1.807, 2.05) is 31.2 Å². The summed E-state index contributed by atoms with van der Waals surface area (Å²) in [6.07, 6.45) is 0. The van der Waals surface area contributed by atoms with Crippen molar-refractivity contribution in [1.82, 2.24) is 20.2 Å². The van der Waals surface area contributed by atoms with Crippen LogP contribution in [0.2, 0.25) is 0 Å². The van der Waals surface area contributed by atoms with Crippen LogP contribution >= 0.6 is 34.9 Å². The van der Waals surface area contributed by atoms with Gasteiger partial charge in [-0.2, -0.15) is 5.26 Å². The Hall–Kier alpha value is -2.02. The second-order valence-corrected chi connectivity index (χ2v) is 9.08. The molecule has 0 fully saturated rings. The highest BCUT2D eigenvalue weighted by Crippen LogP contribution is 2.34. The number of aromatic amines is 1. The van der Waals surface area contributed by atoms with Crippen molar-refractivity contribution < 1.29 is 5.11 Å². The van der Waals surface area contributed by atoms with Crippen molar-refractivity contribution in [3.63, 3.8) is 0 Å². The van der Waals surface area contributed by atoms with Gasteiger partial charge in [0.25, 0.3) is 0 Å². The number of aliphatic hydroxyl groups is 1. The van der Waals surface area contributed by atoms with Crippen LogP contribution in [0.25, 0.3) is 16.6 Å². The topological polar surface area (TPSA) is 98.5 Å². The molecule has 25 heavy (non-hydrogen) atoms. The summed E-state index contributed by atoms with van der Waals surface area (Å²) in [6.45, 7) is 3.89. The minimum Gasteiger partial charge on any atom is -0.510 e. The first-order valence-electron chi connectivity index (χ1n) is 7.53. The number of H-pyrrole nitrogens is 1. The van der Waals surface area contributed by atoms with Gasteiger partial charge in [0.15, 0.2) is 14.5 Å². The third-order valence-electron chi connectivity index (χ3n) is 3.31. The molecule has 0 radical (unpaired) electrons. The molecule has 9 heteroatoms. The highest BCUT2D eigenvalue weighted by molar-refractivity contribution is 8.03. The second kappa shape index (κ2) is 7.91. The molecule has 0 bridgehead atoms. The summed E-state index contributed by atoms with van der Waals surface area (Å²) < 4.78 is 1.66. The molecule has 0 aliphatic heterocycles. The van der Waals surface area contributed by atoms with Crippen molar-refractivity contribution in [2.45, 2.75) is 27.8 Å². The minimum atomic E-state index is -0.338. The summed E-state index contributed by atoms with van der Waals surface area (Å²) in [4.78, 5) is 7.47. The van der Waals surface area contributed by atoms with Crippen molar-refractivity contribution in [3.05, 3.63) is 35.8 Å². The molecule has 0 aliphatic rings. The summed E-state index contributed by atoms with van der Waals surface area (Å²) in [7, 11) is 0. The molecule has 6 nitrogen and oxygen atoms in total. The molecule has 0 amide bonds. The number of imidazole rings is 1. The number of aliphatic hydroxyl groups excluding tert-OH is 1. The minimum absolute atomic E-state index is 0.0218. The van der Waals surface area contributed by atoms with E-state index >= 15 is 0 Å². The van der Waals surface area contributed by atoms with Crippen LogP contribution in [-0.4, -0.2) is 36.3 Å². The van der Waals surface area contributed by atoms with Crippen LogP contribution in [0.3, 0.4) is 0 Å². The number of aromatic nitrogens is 4. The average molecular weight is 390 g/mol. The maximum atomic E-state index is 10.6.